The minimum Gasteiger partial charge on any atom is -0.462 e. The molecule has 332 valence electrons. The predicted molar refractivity (Wildman–Crippen MR) is 238 cm³/mol. The molecule has 0 saturated carbocycles. The molecule has 0 fully saturated rings. The molecule has 0 aromatic carbocycles. The lowest BCUT2D eigenvalue weighted by Gasteiger charge is -2.18. The van der Waals surface area contributed by atoms with E-state index in [0.29, 0.717) is 19.3 Å². The van der Waals surface area contributed by atoms with Crippen LogP contribution in [0.3, 0.4) is 0 Å². The summed E-state index contributed by atoms with van der Waals surface area (Å²) in [4.78, 5) is 37.8. The molecule has 0 aromatic heterocycles. The van der Waals surface area contributed by atoms with E-state index < -0.39 is 6.10 Å². The number of hydrogen-bond acceptors (Lipinski definition) is 6. The highest BCUT2D eigenvalue weighted by Gasteiger charge is 2.19. The maximum atomic E-state index is 12.7. The molecule has 6 nitrogen and oxygen atoms in total. The molecular formula is C50H96O6. The van der Waals surface area contributed by atoms with Gasteiger partial charge in [0.05, 0.1) is 0 Å². The van der Waals surface area contributed by atoms with E-state index in [2.05, 4.69) is 34.6 Å². The number of carbonyl (C=O) groups excluding carboxylic acids is 3. The van der Waals surface area contributed by atoms with Crippen LogP contribution in [0.25, 0.3) is 0 Å². The predicted octanol–water partition coefficient (Wildman–Crippen LogP) is 15.8. The average Bonchev–Trinajstić information content (AvgIpc) is 3.18. The summed E-state index contributed by atoms with van der Waals surface area (Å²) in [6, 6.07) is 0. The third kappa shape index (κ3) is 42.0. The van der Waals surface area contributed by atoms with Gasteiger partial charge < -0.3 is 14.2 Å². The van der Waals surface area contributed by atoms with Crippen LogP contribution in [-0.4, -0.2) is 37.2 Å². The van der Waals surface area contributed by atoms with Gasteiger partial charge in [-0.05, 0) is 31.1 Å². The first kappa shape index (κ1) is 54.4. The Morgan fingerprint density at radius 2 is 0.679 bits per heavy atom. The van der Waals surface area contributed by atoms with Gasteiger partial charge in [0.15, 0.2) is 6.10 Å². The standard InChI is InChI=1S/C50H96O6/c1-6-8-9-10-11-18-25-30-35-40-48(51)54-43-47(56-50(53)42-37-32-27-22-21-23-28-33-38-45(3)4)44-55-49(52)41-36-31-26-20-17-15-13-12-14-16-19-24-29-34-39-46(5)7-2/h45-47H,6-44H2,1-5H3/t46?,47-/m0/s1. The number of unbranched alkanes of at least 4 members (excludes halogenated alkanes) is 28. The Bertz CT molecular complexity index is 856. The van der Waals surface area contributed by atoms with Crippen molar-refractivity contribution in [2.24, 2.45) is 11.8 Å². The second-order valence-electron chi connectivity index (χ2n) is 17.8. The molecule has 0 aliphatic rings. The van der Waals surface area contributed by atoms with Crippen molar-refractivity contribution in [1.82, 2.24) is 0 Å². The van der Waals surface area contributed by atoms with Gasteiger partial charge in [0.2, 0.25) is 0 Å². The van der Waals surface area contributed by atoms with Gasteiger partial charge in [0.25, 0.3) is 0 Å². The fourth-order valence-corrected chi connectivity index (χ4v) is 7.43. The maximum absolute atomic E-state index is 12.7. The summed E-state index contributed by atoms with van der Waals surface area (Å²) in [7, 11) is 0. The molecule has 0 bridgehead atoms. The third-order valence-corrected chi connectivity index (χ3v) is 11.6. The Labute approximate surface area is 348 Å². The smallest absolute Gasteiger partial charge is 0.306 e. The molecule has 0 aliphatic heterocycles. The van der Waals surface area contributed by atoms with Crippen LogP contribution in [0.1, 0.15) is 272 Å². The highest BCUT2D eigenvalue weighted by Crippen LogP contribution is 2.17. The lowest BCUT2D eigenvalue weighted by molar-refractivity contribution is -0.167. The zero-order valence-electron chi connectivity index (χ0n) is 38.3. The van der Waals surface area contributed by atoms with E-state index in [1.807, 2.05) is 0 Å². The second-order valence-corrected chi connectivity index (χ2v) is 17.8. The van der Waals surface area contributed by atoms with Gasteiger partial charge in [-0.1, -0.05) is 234 Å². The molecule has 0 spiro atoms. The van der Waals surface area contributed by atoms with Crippen LogP contribution in [0.4, 0.5) is 0 Å². The summed E-state index contributed by atoms with van der Waals surface area (Å²) >= 11 is 0. The lowest BCUT2D eigenvalue weighted by Crippen LogP contribution is -2.30. The highest BCUT2D eigenvalue weighted by molar-refractivity contribution is 5.71. The van der Waals surface area contributed by atoms with Gasteiger partial charge in [-0.3, -0.25) is 14.4 Å². The Balaban J connectivity index is 4.24. The Morgan fingerprint density at radius 3 is 1.02 bits per heavy atom. The van der Waals surface area contributed by atoms with Crippen molar-refractivity contribution in [2.45, 2.75) is 278 Å². The molecule has 56 heavy (non-hydrogen) atoms. The molecule has 0 aromatic rings. The summed E-state index contributed by atoms with van der Waals surface area (Å²) in [5.74, 6) is 0.833. The number of esters is 3. The quantitative estimate of drug-likeness (QED) is 0.0347. The van der Waals surface area contributed by atoms with E-state index in [-0.39, 0.29) is 31.1 Å². The topological polar surface area (TPSA) is 78.9 Å². The third-order valence-electron chi connectivity index (χ3n) is 11.6. The lowest BCUT2D eigenvalue weighted by atomic mass is 9.99. The van der Waals surface area contributed by atoms with Gasteiger partial charge in [0.1, 0.15) is 13.2 Å². The largest absolute Gasteiger partial charge is 0.462 e. The van der Waals surface area contributed by atoms with Crippen molar-refractivity contribution in [3.63, 3.8) is 0 Å². The van der Waals surface area contributed by atoms with Crippen molar-refractivity contribution in [1.29, 1.82) is 0 Å². The van der Waals surface area contributed by atoms with Gasteiger partial charge in [-0.15, -0.1) is 0 Å². The van der Waals surface area contributed by atoms with Crippen molar-refractivity contribution < 1.29 is 28.6 Å². The molecular weight excluding hydrogens is 697 g/mol. The first-order valence-electron chi connectivity index (χ1n) is 24.8. The van der Waals surface area contributed by atoms with Crippen molar-refractivity contribution >= 4 is 17.9 Å². The highest BCUT2D eigenvalue weighted by atomic mass is 16.6. The van der Waals surface area contributed by atoms with Gasteiger partial charge in [-0.2, -0.15) is 0 Å². The second kappa shape index (κ2) is 43.0. The number of ether oxygens (including phenoxy) is 3. The minimum atomic E-state index is -0.760. The van der Waals surface area contributed by atoms with E-state index in [9.17, 15) is 14.4 Å². The van der Waals surface area contributed by atoms with Crippen LogP contribution < -0.4 is 0 Å². The number of hydrogen-bond donors (Lipinski definition) is 0. The van der Waals surface area contributed by atoms with Crippen LogP contribution in [0.15, 0.2) is 0 Å². The van der Waals surface area contributed by atoms with Crippen LogP contribution in [0.2, 0.25) is 0 Å². The van der Waals surface area contributed by atoms with Crippen molar-refractivity contribution in [3.05, 3.63) is 0 Å². The van der Waals surface area contributed by atoms with Crippen molar-refractivity contribution in [3.8, 4) is 0 Å². The fraction of sp³-hybridized carbons (Fsp3) is 0.940. The molecule has 6 heteroatoms. The molecule has 0 aliphatic carbocycles. The summed E-state index contributed by atoms with van der Waals surface area (Å²) < 4.78 is 16.7. The maximum Gasteiger partial charge on any atom is 0.306 e. The summed E-state index contributed by atoms with van der Waals surface area (Å²) in [6.07, 6.45) is 42.3. The first-order valence-corrected chi connectivity index (χ1v) is 24.8. The molecule has 0 radical (unpaired) electrons. The van der Waals surface area contributed by atoms with Crippen LogP contribution in [0, 0.1) is 11.8 Å². The summed E-state index contributed by atoms with van der Waals surface area (Å²) in [6.45, 7) is 11.4. The average molecular weight is 793 g/mol. The Morgan fingerprint density at radius 1 is 0.375 bits per heavy atom. The molecule has 1 unspecified atom stereocenters. The molecule has 0 heterocycles. The van der Waals surface area contributed by atoms with Gasteiger partial charge in [0, 0.05) is 19.3 Å². The summed E-state index contributed by atoms with van der Waals surface area (Å²) in [5, 5.41) is 0. The van der Waals surface area contributed by atoms with E-state index in [0.717, 1.165) is 69.6 Å². The van der Waals surface area contributed by atoms with Crippen LogP contribution >= 0.6 is 0 Å². The van der Waals surface area contributed by atoms with E-state index in [1.54, 1.807) is 0 Å². The molecule has 0 N–H and O–H groups in total. The van der Waals surface area contributed by atoms with E-state index in [1.165, 1.54) is 161 Å². The zero-order chi connectivity index (χ0) is 41.2. The number of carbonyl (C=O) groups is 3. The Kier molecular flexibility index (Phi) is 41.8. The molecule has 2 atom stereocenters. The minimum absolute atomic E-state index is 0.0646. The SMILES string of the molecule is CCCCCCCCCCCC(=O)OC[C@@H](COC(=O)CCCCCCCCCCCCCCCCC(C)CC)OC(=O)CCCCCCCCCCC(C)C. The van der Waals surface area contributed by atoms with E-state index in [4.69, 9.17) is 14.2 Å². The molecule has 0 amide bonds. The van der Waals surface area contributed by atoms with E-state index >= 15 is 0 Å². The van der Waals surface area contributed by atoms with Gasteiger partial charge in [-0.25, -0.2) is 0 Å². The first-order chi connectivity index (χ1) is 27.3. The van der Waals surface area contributed by atoms with Crippen LogP contribution in [-0.2, 0) is 28.6 Å². The number of rotatable bonds is 44. The molecule has 0 saturated heterocycles. The van der Waals surface area contributed by atoms with Gasteiger partial charge >= 0.3 is 17.9 Å². The van der Waals surface area contributed by atoms with Crippen LogP contribution in [0.5, 0.6) is 0 Å². The molecule has 0 rings (SSSR count). The Hall–Kier alpha value is -1.59. The zero-order valence-corrected chi connectivity index (χ0v) is 38.3. The normalized spacial score (nSPS) is 12.5. The fourth-order valence-electron chi connectivity index (χ4n) is 7.43. The monoisotopic (exact) mass is 793 g/mol. The van der Waals surface area contributed by atoms with Crippen molar-refractivity contribution in [2.75, 3.05) is 13.2 Å². The summed E-state index contributed by atoms with van der Waals surface area (Å²) in [5.41, 5.74) is 0.